The molecule has 0 saturated carbocycles. The van der Waals surface area contributed by atoms with Crippen molar-refractivity contribution in [3.63, 3.8) is 0 Å². The van der Waals surface area contributed by atoms with Crippen molar-refractivity contribution in [1.29, 1.82) is 0 Å². The molecule has 3 rings (SSSR count). The van der Waals surface area contributed by atoms with Crippen LogP contribution in [0.2, 0.25) is 0 Å². The highest BCUT2D eigenvalue weighted by Gasteiger charge is 2.64. The Morgan fingerprint density at radius 3 is 3.27 bits per heavy atom. The Kier molecular flexibility index (Phi) is 2.14. The fourth-order valence-electron chi connectivity index (χ4n) is 2.11. The van der Waals surface area contributed by atoms with E-state index in [0.717, 1.165) is 10.2 Å². The molecular formula is C9H11BrN2O3. The number of ether oxygens (including phenoxy) is 3. The Morgan fingerprint density at radius 2 is 2.67 bits per heavy atom. The summed E-state index contributed by atoms with van der Waals surface area (Å²) in [6.07, 6.45) is 1.95. The van der Waals surface area contributed by atoms with Crippen LogP contribution in [0.3, 0.4) is 0 Å². The number of fused-ring (bicyclic) bond motifs is 1. The van der Waals surface area contributed by atoms with Gasteiger partial charge in [-0.1, -0.05) is 0 Å². The predicted octanol–water partition coefficient (Wildman–Crippen LogP) is 0.874. The van der Waals surface area contributed by atoms with Crippen LogP contribution in [0, 0.1) is 0 Å². The van der Waals surface area contributed by atoms with Gasteiger partial charge in [-0.05, 0) is 15.9 Å². The van der Waals surface area contributed by atoms with Gasteiger partial charge in [-0.3, -0.25) is 0 Å². The van der Waals surface area contributed by atoms with Crippen molar-refractivity contribution in [2.24, 2.45) is 0 Å². The van der Waals surface area contributed by atoms with Crippen molar-refractivity contribution in [2.75, 3.05) is 20.3 Å². The maximum Gasteiger partial charge on any atom is 0.163 e. The summed E-state index contributed by atoms with van der Waals surface area (Å²) in [6.45, 7) is 1.70. The molecule has 15 heavy (non-hydrogen) atoms. The normalized spacial score (nSPS) is 33.1. The van der Waals surface area contributed by atoms with Gasteiger partial charge in [0, 0.05) is 7.11 Å². The van der Waals surface area contributed by atoms with E-state index in [1.165, 1.54) is 0 Å². The molecule has 3 heterocycles. The maximum atomic E-state index is 5.68. The molecule has 5 nitrogen and oxygen atoms in total. The largest absolute Gasteiger partial charge is 0.375 e. The van der Waals surface area contributed by atoms with Crippen LogP contribution in [-0.4, -0.2) is 36.2 Å². The average molecular weight is 275 g/mol. The van der Waals surface area contributed by atoms with Gasteiger partial charge in [0.2, 0.25) is 0 Å². The van der Waals surface area contributed by atoms with Crippen molar-refractivity contribution < 1.29 is 14.2 Å². The standard InChI is InChI=1S/C9H11BrN2O3/c1-13-5-12-8(6(10)2-11-12)9-4-14-3-7(9)15-9/h2,7H,3-5H2,1H3/t7-,9+/m0/s1. The van der Waals surface area contributed by atoms with E-state index in [0.29, 0.717) is 19.9 Å². The van der Waals surface area contributed by atoms with Crippen LogP contribution in [0.4, 0.5) is 0 Å². The highest BCUT2D eigenvalue weighted by molar-refractivity contribution is 9.10. The first kappa shape index (κ1) is 9.77. The lowest BCUT2D eigenvalue weighted by Crippen LogP contribution is -2.20. The van der Waals surface area contributed by atoms with Crippen molar-refractivity contribution in [1.82, 2.24) is 9.78 Å². The van der Waals surface area contributed by atoms with Crippen LogP contribution in [0.25, 0.3) is 0 Å². The molecule has 2 aliphatic rings. The molecule has 0 aromatic carbocycles. The highest BCUT2D eigenvalue weighted by atomic mass is 79.9. The first-order chi connectivity index (χ1) is 7.28. The second kappa shape index (κ2) is 3.28. The molecule has 6 heteroatoms. The van der Waals surface area contributed by atoms with E-state index in [2.05, 4.69) is 21.0 Å². The number of epoxide rings is 1. The molecule has 82 valence electrons. The van der Waals surface area contributed by atoms with Crippen LogP contribution >= 0.6 is 15.9 Å². The summed E-state index contributed by atoms with van der Waals surface area (Å²) in [5, 5.41) is 4.23. The fourth-order valence-corrected chi connectivity index (χ4v) is 2.74. The summed E-state index contributed by atoms with van der Waals surface area (Å²) in [7, 11) is 1.65. The van der Waals surface area contributed by atoms with Gasteiger partial charge in [-0.2, -0.15) is 5.10 Å². The summed E-state index contributed by atoms with van der Waals surface area (Å²) in [5.74, 6) is 0. The zero-order valence-electron chi connectivity index (χ0n) is 8.27. The molecule has 2 fully saturated rings. The SMILES string of the molecule is COCn1ncc(Br)c1[C@@]12COC[C@@H]1O2. The zero-order chi connectivity index (χ0) is 10.5. The van der Waals surface area contributed by atoms with E-state index >= 15 is 0 Å². The second-order valence-electron chi connectivity index (χ2n) is 3.77. The topological polar surface area (TPSA) is 48.8 Å². The van der Waals surface area contributed by atoms with Crippen molar-refractivity contribution in [2.45, 2.75) is 18.4 Å². The molecule has 0 spiro atoms. The van der Waals surface area contributed by atoms with Gasteiger partial charge in [0.1, 0.15) is 12.8 Å². The molecule has 0 N–H and O–H groups in total. The van der Waals surface area contributed by atoms with Gasteiger partial charge < -0.3 is 14.2 Å². The van der Waals surface area contributed by atoms with Crippen LogP contribution in [0.15, 0.2) is 10.7 Å². The van der Waals surface area contributed by atoms with Crippen molar-refractivity contribution in [3.8, 4) is 0 Å². The molecule has 2 atom stereocenters. The Morgan fingerprint density at radius 1 is 1.80 bits per heavy atom. The van der Waals surface area contributed by atoms with Gasteiger partial charge in [-0.25, -0.2) is 4.68 Å². The third-order valence-corrected chi connectivity index (χ3v) is 3.43. The minimum absolute atomic E-state index is 0.182. The van der Waals surface area contributed by atoms with Gasteiger partial charge >= 0.3 is 0 Å². The molecule has 0 radical (unpaired) electrons. The van der Waals surface area contributed by atoms with Gasteiger partial charge in [0.05, 0.1) is 29.6 Å². The summed E-state index contributed by atoms with van der Waals surface area (Å²) in [6, 6.07) is 0. The van der Waals surface area contributed by atoms with Crippen LogP contribution < -0.4 is 0 Å². The summed E-state index contributed by atoms with van der Waals surface area (Å²) >= 11 is 3.48. The predicted molar refractivity (Wildman–Crippen MR) is 54.3 cm³/mol. The lowest BCUT2D eigenvalue weighted by atomic mass is 10.0. The van der Waals surface area contributed by atoms with E-state index in [-0.39, 0.29) is 11.7 Å². The van der Waals surface area contributed by atoms with E-state index < -0.39 is 0 Å². The molecule has 2 saturated heterocycles. The zero-order valence-corrected chi connectivity index (χ0v) is 9.86. The molecule has 0 amide bonds. The number of hydrogen-bond donors (Lipinski definition) is 0. The quantitative estimate of drug-likeness (QED) is 0.768. The van der Waals surface area contributed by atoms with Crippen LogP contribution in [-0.2, 0) is 26.5 Å². The monoisotopic (exact) mass is 274 g/mol. The summed E-state index contributed by atoms with van der Waals surface area (Å²) in [5.41, 5.74) is 0.736. The summed E-state index contributed by atoms with van der Waals surface area (Å²) in [4.78, 5) is 0. The molecule has 0 aliphatic carbocycles. The van der Waals surface area contributed by atoms with Gasteiger partial charge in [-0.15, -0.1) is 0 Å². The first-order valence-corrected chi connectivity index (χ1v) is 5.53. The highest BCUT2D eigenvalue weighted by Crippen LogP contribution is 2.52. The number of rotatable bonds is 3. The van der Waals surface area contributed by atoms with E-state index in [1.807, 2.05) is 0 Å². The molecular weight excluding hydrogens is 264 g/mol. The number of hydrogen-bond acceptors (Lipinski definition) is 4. The van der Waals surface area contributed by atoms with E-state index in [4.69, 9.17) is 14.2 Å². The summed E-state index contributed by atoms with van der Waals surface area (Å²) < 4.78 is 18.9. The van der Waals surface area contributed by atoms with Crippen LogP contribution in [0.1, 0.15) is 5.69 Å². The molecule has 0 bridgehead atoms. The number of aromatic nitrogens is 2. The molecule has 1 aromatic rings. The maximum absolute atomic E-state index is 5.68. The van der Waals surface area contributed by atoms with Gasteiger partial charge in [0.25, 0.3) is 0 Å². The van der Waals surface area contributed by atoms with Crippen molar-refractivity contribution >= 4 is 15.9 Å². The molecule has 2 aliphatic heterocycles. The molecule has 1 aromatic heterocycles. The third-order valence-electron chi connectivity index (χ3n) is 2.85. The minimum Gasteiger partial charge on any atom is -0.375 e. The fraction of sp³-hybridized carbons (Fsp3) is 0.667. The number of methoxy groups -OCH3 is 1. The second-order valence-corrected chi connectivity index (χ2v) is 4.62. The average Bonchev–Trinajstić information content (AvgIpc) is 2.58. The third kappa shape index (κ3) is 1.29. The Bertz CT molecular complexity index is 395. The van der Waals surface area contributed by atoms with E-state index in [1.54, 1.807) is 18.0 Å². The number of halogens is 1. The van der Waals surface area contributed by atoms with E-state index in [9.17, 15) is 0 Å². The van der Waals surface area contributed by atoms with Crippen LogP contribution in [0.5, 0.6) is 0 Å². The van der Waals surface area contributed by atoms with Gasteiger partial charge in [0.15, 0.2) is 5.60 Å². The Labute approximate surface area is 95.4 Å². The minimum atomic E-state index is -0.284. The lowest BCUT2D eigenvalue weighted by molar-refractivity contribution is 0.0595. The van der Waals surface area contributed by atoms with Crippen molar-refractivity contribution in [3.05, 3.63) is 16.4 Å². The Balaban J connectivity index is 1.99. The smallest absolute Gasteiger partial charge is 0.163 e. The first-order valence-electron chi connectivity index (χ1n) is 4.74. The Hall–Kier alpha value is -0.430. The lowest BCUT2D eigenvalue weighted by Gasteiger charge is -2.11. The number of nitrogens with zero attached hydrogens (tertiary/aromatic N) is 2. The molecule has 0 unspecified atom stereocenters.